The van der Waals surface area contributed by atoms with Gasteiger partial charge in [0.1, 0.15) is 11.8 Å². The molecule has 24 heavy (non-hydrogen) atoms. The summed E-state index contributed by atoms with van der Waals surface area (Å²) in [6.45, 7) is 4.82. The number of carbonyl (C=O) groups is 2. The first-order chi connectivity index (χ1) is 11.0. The number of amidine groups is 1. The number of benzene rings is 1. The summed E-state index contributed by atoms with van der Waals surface area (Å²) in [5, 5.41) is 17.7. The maximum absolute atomic E-state index is 13.1. The van der Waals surface area contributed by atoms with Gasteiger partial charge in [0, 0.05) is 5.54 Å². The lowest BCUT2D eigenvalue weighted by Crippen LogP contribution is -2.68. The van der Waals surface area contributed by atoms with E-state index < -0.39 is 44.5 Å². The highest BCUT2D eigenvalue weighted by atomic mass is 32.2. The van der Waals surface area contributed by atoms with E-state index in [1.807, 2.05) is 0 Å². The fourth-order valence-electron chi connectivity index (χ4n) is 2.66. The van der Waals surface area contributed by atoms with Crippen molar-refractivity contribution in [2.24, 2.45) is 5.92 Å². The summed E-state index contributed by atoms with van der Waals surface area (Å²) in [6, 6.07) is 6.52. The molecule has 130 valence electrons. The summed E-state index contributed by atoms with van der Waals surface area (Å²) in [4.78, 5) is 24.9. The maximum atomic E-state index is 13.1. The third-order valence-corrected chi connectivity index (χ3v) is 5.74. The average Bonchev–Trinajstić information content (AvgIpc) is 2.45. The zero-order valence-electron chi connectivity index (χ0n) is 13.5. The number of hydrogen-bond acceptors (Lipinski definition) is 5. The van der Waals surface area contributed by atoms with Crippen LogP contribution in [0, 0.1) is 11.3 Å². The summed E-state index contributed by atoms with van der Waals surface area (Å²) in [7, 11) is -4.21. The molecule has 3 N–H and O–H groups in total. The number of carboxylic acid groups (broad SMARTS) is 1. The molecule has 1 heterocycles. The SMILES string of the molecule is CC(C)(C)N1C(=O)NC(=N)C(C(=O)O)C1S(=O)(=O)c1ccccc1. The molecule has 0 spiro atoms. The largest absolute Gasteiger partial charge is 0.481 e. The summed E-state index contributed by atoms with van der Waals surface area (Å²) in [6.07, 6.45) is 0. The van der Waals surface area contributed by atoms with Gasteiger partial charge >= 0.3 is 12.0 Å². The lowest BCUT2D eigenvalue weighted by molar-refractivity contribution is -0.140. The topological polar surface area (TPSA) is 128 Å². The Morgan fingerprint density at radius 2 is 1.79 bits per heavy atom. The summed E-state index contributed by atoms with van der Waals surface area (Å²) >= 11 is 0. The van der Waals surface area contributed by atoms with Crippen LogP contribution in [-0.4, -0.2) is 47.2 Å². The van der Waals surface area contributed by atoms with Crippen molar-refractivity contribution < 1.29 is 23.1 Å². The van der Waals surface area contributed by atoms with Gasteiger partial charge < -0.3 is 10.0 Å². The third kappa shape index (κ3) is 2.99. The molecule has 1 aliphatic heterocycles. The van der Waals surface area contributed by atoms with E-state index in [0.29, 0.717) is 0 Å². The minimum absolute atomic E-state index is 0.0991. The number of urea groups is 1. The number of rotatable bonds is 3. The predicted molar refractivity (Wildman–Crippen MR) is 86.4 cm³/mol. The molecule has 1 aliphatic rings. The molecule has 1 aromatic rings. The van der Waals surface area contributed by atoms with Crippen LogP contribution in [0.1, 0.15) is 20.8 Å². The Hall–Kier alpha value is -2.42. The van der Waals surface area contributed by atoms with Crippen molar-refractivity contribution in [1.29, 1.82) is 5.41 Å². The zero-order chi connectivity index (χ0) is 18.3. The van der Waals surface area contributed by atoms with E-state index >= 15 is 0 Å². The highest BCUT2D eigenvalue weighted by Gasteiger charge is 2.53. The fraction of sp³-hybridized carbons (Fsp3) is 0.400. The molecule has 0 aromatic heterocycles. The summed E-state index contributed by atoms with van der Waals surface area (Å²) < 4.78 is 26.1. The van der Waals surface area contributed by atoms with Crippen molar-refractivity contribution in [2.45, 2.75) is 36.6 Å². The van der Waals surface area contributed by atoms with Crippen LogP contribution in [0.2, 0.25) is 0 Å². The molecule has 0 aliphatic carbocycles. The van der Waals surface area contributed by atoms with Crippen LogP contribution in [0.15, 0.2) is 35.2 Å². The Bertz CT molecular complexity index is 783. The highest BCUT2D eigenvalue weighted by Crippen LogP contribution is 2.33. The molecule has 0 saturated carbocycles. The van der Waals surface area contributed by atoms with Crippen molar-refractivity contribution in [2.75, 3.05) is 0 Å². The first-order valence-corrected chi connectivity index (χ1v) is 8.73. The second-order valence-electron chi connectivity index (χ2n) is 6.45. The van der Waals surface area contributed by atoms with E-state index in [0.717, 1.165) is 4.90 Å². The van der Waals surface area contributed by atoms with E-state index in [1.165, 1.54) is 24.3 Å². The first kappa shape index (κ1) is 17.9. The van der Waals surface area contributed by atoms with Crippen LogP contribution < -0.4 is 5.32 Å². The van der Waals surface area contributed by atoms with Crippen molar-refractivity contribution >= 4 is 27.7 Å². The molecular formula is C15H19N3O5S. The number of amides is 2. The number of nitrogens with zero attached hydrogens (tertiary/aromatic N) is 1. The normalized spacial score (nSPS) is 22.2. The monoisotopic (exact) mass is 353 g/mol. The standard InChI is InChI=1S/C15H19N3O5S/c1-15(2,3)18-12(10(13(19)20)11(16)17-14(18)21)24(22,23)9-7-5-4-6-8-9/h4-8,10,12H,1-3H3,(H,19,20)(H2,16,17,21). The van der Waals surface area contributed by atoms with Crippen molar-refractivity contribution in [3.63, 3.8) is 0 Å². The Labute approximate surface area is 139 Å². The third-order valence-electron chi connectivity index (χ3n) is 3.69. The van der Waals surface area contributed by atoms with Gasteiger partial charge in [-0.3, -0.25) is 15.5 Å². The number of carboxylic acids is 1. The highest BCUT2D eigenvalue weighted by molar-refractivity contribution is 7.92. The van der Waals surface area contributed by atoms with Crippen LogP contribution in [0.5, 0.6) is 0 Å². The molecule has 0 radical (unpaired) electrons. The molecule has 1 saturated heterocycles. The van der Waals surface area contributed by atoms with Gasteiger partial charge in [-0.25, -0.2) is 13.2 Å². The molecule has 2 rings (SSSR count). The first-order valence-electron chi connectivity index (χ1n) is 7.18. The van der Waals surface area contributed by atoms with E-state index in [1.54, 1.807) is 26.8 Å². The Kier molecular flexibility index (Phi) is 4.40. The minimum Gasteiger partial charge on any atom is -0.481 e. The summed E-state index contributed by atoms with van der Waals surface area (Å²) in [5.41, 5.74) is -0.967. The second-order valence-corrected chi connectivity index (χ2v) is 8.49. The van der Waals surface area contributed by atoms with Gasteiger partial charge in [0.05, 0.1) is 4.90 Å². The molecule has 1 fully saturated rings. The molecule has 2 atom stereocenters. The Morgan fingerprint density at radius 1 is 1.25 bits per heavy atom. The van der Waals surface area contributed by atoms with Gasteiger partial charge in [-0.15, -0.1) is 0 Å². The van der Waals surface area contributed by atoms with Gasteiger partial charge in [-0.2, -0.15) is 0 Å². The number of sulfone groups is 1. The lowest BCUT2D eigenvalue weighted by atomic mass is 9.99. The summed E-state index contributed by atoms with van der Waals surface area (Å²) in [5.74, 6) is -3.83. The Balaban J connectivity index is 2.71. The van der Waals surface area contributed by atoms with Gasteiger partial charge in [0.25, 0.3) is 0 Å². The fourth-order valence-corrected chi connectivity index (χ4v) is 4.78. The van der Waals surface area contributed by atoms with Crippen LogP contribution in [-0.2, 0) is 14.6 Å². The minimum atomic E-state index is -4.21. The molecule has 2 amide bonds. The second kappa shape index (κ2) is 5.90. The molecule has 0 bridgehead atoms. The number of aliphatic carboxylic acids is 1. The number of carbonyl (C=O) groups excluding carboxylic acids is 1. The number of nitrogens with one attached hydrogen (secondary N) is 2. The maximum Gasteiger partial charge on any atom is 0.324 e. The van der Waals surface area contributed by atoms with Gasteiger partial charge in [-0.1, -0.05) is 18.2 Å². The van der Waals surface area contributed by atoms with Crippen molar-refractivity contribution in [1.82, 2.24) is 10.2 Å². The van der Waals surface area contributed by atoms with Crippen molar-refractivity contribution in [3.05, 3.63) is 30.3 Å². The van der Waals surface area contributed by atoms with Crippen molar-refractivity contribution in [3.8, 4) is 0 Å². The molecule has 2 unspecified atom stereocenters. The zero-order valence-corrected chi connectivity index (χ0v) is 14.3. The van der Waals surface area contributed by atoms with E-state index in [9.17, 15) is 23.1 Å². The molecule has 1 aromatic carbocycles. The van der Waals surface area contributed by atoms with Gasteiger partial charge in [0.2, 0.25) is 9.84 Å². The van der Waals surface area contributed by atoms with E-state index in [4.69, 9.17) is 5.41 Å². The molecular weight excluding hydrogens is 334 g/mol. The quantitative estimate of drug-likeness (QED) is 0.754. The number of hydrogen-bond donors (Lipinski definition) is 3. The lowest BCUT2D eigenvalue weighted by Gasteiger charge is -2.46. The Morgan fingerprint density at radius 3 is 2.25 bits per heavy atom. The average molecular weight is 353 g/mol. The van der Waals surface area contributed by atoms with Crippen LogP contribution >= 0.6 is 0 Å². The smallest absolute Gasteiger partial charge is 0.324 e. The van der Waals surface area contributed by atoms with Gasteiger partial charge in [0.15, 0.2) is 5.37 Å². The molecule has 8 nitrogen and oxygen atoms in total. The van der Waals surface area contributed by atoms with Crippen LogP contribution in [0.3, 0.4) is 0 Å². The van der Waals surface area contributed by atoms with E-state index in [2.05, 4.69) is 5.32 Å². The van der Waals surface area contributed by atoms with Crippen LogP contribution in [0.4, 0.5) is 4.79 Å². The van der Waals surface area contributed by atoms with Gasteiger partial charge in [-0.05, 0) is 32.9 Å². The molecule has 9 heteroatoms. The predicted octanol–water partition coefficient (Wildman–Crippen LogP) is 1.29. The van der Waals surface area contributed by atoms with Crippen LogP contribution in [0.25, 0.3) is 0 Å². The van der Waals surface area contributed by atoms with E-state index in [-0.39, 0.29) is 4.90 Å².